The van der Waals surface area contributed by atoms with Gasteiger partial charge in [0.15, 0.2) is 4.80 Å². The predicted octanol–water partition coefficient (Wildman–Crippen LogP) is 6.46. The zero-order valence-corrected chi connectivity index (χ0v) is 23.3. The first kappa shape index (κ1) is 26.4. The average molecular weight is 548 g/mol. The van der Waals surface area contributed by atoms with Crippen molar-refractivity contribution >= 4 is 27.0 Å². The molecule has 3 aromatic carbocycles. The molecule has 0 bridgehead atoms. The molecule has 0 amide bonds. The summed E-state index contributed by atoms with van der Waals surface area (Å²) >= 11 is 1.57. The molecule has 1 aliphatic rings. The van der Waals surface area contributed by atoms with Crippen molar-refractivity contribution in [1.29, 1.82) is 0 Å². The molecule has 5 rings (SSSR count). The molecule has 0 radical (unpaired) electrons. The minimum absolute atomic E-state index is 0.354. The minimum Gasteiger partial charge on any atom is -0.494 e. The lowest BCUT2D eigenvalue weighted by atomic mass is 10.1. The SMILES string of the molecule is CCOc1ccc(N=c2scc(-c3ccc(S(=O)(=O)N4CCCCCC4)cc3)n2Cc2ccccc2)cc1. The van der Waals surface area contributed by atoms with Gasteiger partial charge in [-0.25, -0.2) is 13.4 Å². The summed E-state index contributed by atoms with van der Waals surface area (Å²) in [7, 11) is -3.49. The normalized spacial score (nSPS) is 15.3. The van der Waals surface area contributed by atoms with Gasteiger partial charge < -0.3 is 9.30 Å². The number of hydrogen-bond donors (Lipinski definition) is 0. The van der Waals surface area contributed by atoms with Gasteiger partial charge in [-0.2, -0.15) is 4.31 Å². The van der Waals surface area contributed by atoms with Crippen LogP contribution in [0.4, 0.5) is 5.69 Å². The molecular weight excluding hydrogens is 514 g/mol. The van der Waals surface area contributed by atoms with Crippen LogP contribution in [0.3, 0.4) is 0 Å². The van der Waals surface area contributed by atoms with Crippen LogP contribution in [0, 0.1) is 0 Å². The van der Waals surface area contributed by atoms with E-state index in [1.54, 1.807) is 27.8 Å². The van der Waals surface area contributed by atoms with Gasteiger partial charge in [0.2, 0.25) is 10.0 Å². The molecule has 0 aliphatic carbocycles. The van der Waals surface area contributed by atoms with Crippen LogP contribution in [0.5, 0.6) is 5.75 Å². The fourth-order valence-electron chi connectivity index (χ4n) is 4.69. The van der Waals surface area contributed by atoms with Crippen molar-refractivity contribution in [3.8, 4) is 17.0 Å². The Kier molecular flexibility index (Phi) is 8.42. The molecule has 1 fully saturated rings. The second-order valence-corrected chi connectivity index (χ2v) is 12.1. The Labute approximate surface area is 228 Å². The highest BCUT2D eigenvalue weighted by atomic mass is 32.2. The van der Waals surface area contributed by atoms with Gasteiger partial charge in [0, 0.05) is 18.5 Å². The van der Waals surface area contributed by atoms with E-state index in [9.17, 15) is 8.42 Å². The van der Waals surface area contributed by atoms with Crippen molar-refractivity contribution in [1.82, 2.24) is 8.87 Å². The highest BCUT2D eigenvalue weighted by Gasteiger charge is 2.25. The number of nitrogens with zero attached hydrogens (tertiary/aromatic N) is 3. The van der Waals surface area contributed by atoms with E-state index in [1.807, 2.05) is 61.5 Å². The van der Waals surface area contributed by atoms with Gasteiger partial charge in [-0.05, 0) is 67.3 Å². The zero-order chi connectivity index (χ0) is 26.4. The predicted molar refractivity (Wildman–Crippen MR) is 153 cm³/mol. The molecule has 4 aromatic rings. The van der Waals surface area contributed by atoms with Crippen molar-refractivity contribution in [2.75, 3.05) is 19.7 Å². The molecule has 198 valence electrons. The molecule has 0 spiro atoms. The van der Waals surface area contributed by atoms with Gasteiger partial charge in [-0.1, -0.05) is 55.3 Å². The molecule has 0 saturated carbocycles. The summed E-state index contributed by atoms with van der Waals surface area (Å²) in [6.45, 7) is 4.45. The maximum atomic E-state index is 13.3. The topological polar surface area (TPSA) is 63.9 Å². The van der Waals surface area contributed by atoms with Crippen molar-refractivity contribution < 1.29 is 13.2 Å². The lowest BCUT2D eigenvalue weighted by molar-refractivity contribution is 0.340. The van der Waals surface area contributed by atoms with E-state index in [1.165, 1.54) is 5.56 Å². The van der Waals surface area contributed by atoms with E-state index in [-0.39, 0.29) is 0 Å². The van der Waals surface area contributed by atoms with E-state index in [4.69, 9.17) is 9.73 Å². The maximum absolute atomic E-state index is 13.3. The first-order chi connectivity index (χ1) is 18.5. The van der Waals surface area contributed by atoms with Gasteiger partial charge in [0.25, 0.3) is 0 Å². The van der Waals surface area contributed by atoms with Crippen LogP contribution < -0.4 is 9.54 Å². The largest absolute Gasteiger partial charge is 0.494 e. The van der Waals surface area contributed by atoms with Gasteiger partial charge in [-0.15, -0.1) is 11.3 Å². The number of thiazole rings is 1. The maximum Gasteiger partial charge on any atom is 0.243 e. The fourth-order valence-corrected chi connectivity index (χ4v) is 7.14. The third-order valence-corrected chi connectivity index (χ3v) is 9.48. The van der Waals surface area contributed by atoms with E-state index in [2.05, 4.69) is 22.1 Å². The Balaban J connectivity index is 1.49. The molecular formula is C30H33N3O3S2. The van der Waals surface area contributed by atoms with E-state index in [0.717, 1.165) is 53.2 Å². The summed E-state index contributed by atoms with van der Waals surface area (Å²) in [6.07, 6.45) is 4.03. The quantitative estimate of drug-likeness (QED) is 0.254. The molecule has 38 heavy (non-hydrogen) atoms. The van der Waals surface area contributed by atoms with Crippen LogP contribution in [0.1, 0.15) is 38.2 Å². The average Bonchev–Trinajstić information content (AvgIpc) is 3.13. The van der Waals surface area contributed by atoms with Crippen molar-refractivity contribution in [2.45, 2.75) is 44.0 Å². The second-order valence-electron chi connectivity index (χ2n) is 9.36. The van der Waals surface area contributed by atoms with Gasteiger partial charge in [-0.3, -0.25) is 0 Å². The van der Waals surface area contributed by atoms with E-state index >= 15 is 0 Å². The Bertz CT molecular complexity index is 1500. The van der Waals surface area contributed by atoms with Crippen LogP contribution in [0.2, 0.25) is 0 Å². The third kappa shape index (κ3) is 6.09. The molecule has 0 N–H and O–H groups in total. The van der Waals surface area contributed by atoms with Crippen LogP contribution in [0.15, 0.2) is 94.1 Å². The van der Waals surface area contributed by atoms with Crippen molar-refractivity contribution in [3.63, 3.8) is 0 Å². The van der Waals surface area contributed by atoms with Gasteiger partial charge in [0.05, 0.1) is 29.4 Å². The summed E-state index contributed by atoms with van der Waals surface area (Å²) in [5.74, 6) is 0.825. The molecule has 0 unspecified atom stereocenters. The number of rotatable bonds is 8. The Morgan fingerprint density at radius 1 is 0.868 bits per heavy atom. The molecule has 1 aliphatic heterocycles. The monoisotopic (exact) mass is 547 g/mol. The number of ether oxygens (including phenoxy) is 1. The van der Waals surface area contributed by atoms with Crippen LogP contribution in [-0.2, 0) is 16.6 Å². The van der Waals surface area contributed by atoms with Crippen molar-refractivity contribution in [2.24, 2.45) is 4.99 Å². The molecule has 0 atom stereocenters. The third-order valence-electron chi connectivity index (χ3n) is 6.71. The first-order valence-electron chi connectivity index (χ1n) is 13.1. The van der Waals surface area contributed by atoms with E-state index < -0.39 is 10.0 Å². The summed E-state index contributed by atoms with van der Waals surface area (Å²) in [6, 6.07) is 25.4. The molecule has 8 heteroatoms. The molecule has 1 saturated heterocycles. The Hall–Kier alpha value is -3.20. The molecule has 1 aromatic heterocycles. The fraction of sp³-hybridized carbons (Fsp3) is 0.300. The van der Waals surface area contributed by atoms with Gasteiger partial charge >= 0.3 is 0 Å². The summed E-state index contributed by atoms with van der Waals surface area (Å²) in [5.41, 5.74) is 3.98. The summed E-state index contributed by atoms with van der Waals surface area (Å²) in [5, 5.41) is 2.09. The number of aromatic nitrogens is 1. The number of sulfonamides is 1. The van der Waals surface area contributed by atoms with E-state index in [0.29, 0.717) is 31.1 Å². The second kappa shape index (κ2) is 12.1. The van der Waals surface area contributed by atoms with Crippen LogP contribution in [0.25, 0.3) is 11.3 Å². The summed E-state index contributed by atoms with van der Waals surface area (Å²) in [4.78, 5) is 6.16. The molecule has 6 nitrogen and oxygen atoms in total. The highest BCUT2D eigenvalue weighted by Crippen LogP contribution is 2.26. The standard InChI is InChI=1S/C30H33N3O3S2/c1-2-36-27-16-14-26(15-17-27)31-30-33(22-24-10-6-5-7-11-24)29(23-37-30)25-12-18-28(19-13-25)38(34,35)32-20-8-3-4-9-21-32/h5-7,10-19,23H,2-4,8-9,20-22H2,1H3. The number of benzene rings is 3. The summed E-state index contributed by atoms with van der Waals surface area (Å²) < 4.78 is 35.9. The van der Waals surface area contributed by atoms with Crippen LogP contribution in [-0.4, -0.2) is 37.0 Å². The van der Waals surface area contributed by atoms with Crippen LogP contribution >= 0.6 is 11.3 Å². The lowest BCUT2D eigenvalue weighted by Gasteiger charge is -2.20. The van der Waals surface area contributed by atoms with Crippen molar-refractivity contribution in [3.05, 3.63) is 94.6 Å². The lowest BCUT2D eigenvalue weighted by Crippen LogP contribution is -2.31. The zero-order valence-electron chi connectivity index (χ0n) is 21.6. The smallest absolute Gasteiger partial charge is 0.243 e. The Morgan fingerprint density at radius 3 is 2.21 bits per heavy atom. The van der Waals surface area contributed by atoms with Gasteiger partial charge in [0.1, 0.15) is 5.75 Å². The highest BCUT2D eigenvalue weighted by molar-refractivity contribution is 7.89. The Morgan fingerprint density at radius 2 is 1.55 bits per heavy atom. The minimum atomic E-state index is -3.49. The number of hydrogen-bond acceptors (Lipinski definition) is 5. The first-order valence-corrected chi connectivity index (χ1v) is 15.5. The molecule has 2 heterocycles.